The van der Waals surface area contributed by atoms with Crippen LogP contribution in [0.3, 0.4) is 0 Å². The van der Waals surface area contributed by atoms with Gasteiger partial charge in [-0.05, 0) is 11.9 Å². The lowest BCUT2D eigenvalue weighted by molar-refractivity contribution is -0.148. The highest BCUT2D eigenvalue weighted by Gasteiger charge is 2.09. The van der Waals surface area contributed by atoms with E-state index < -0.39 is 12.1 Å². The molecule has 14 heavy (non-hydrogen) atoms. The maximum atomic E-state index is 10.8. The minimum atomic E-state index is -1.02. The molecule has 0 aliphatic carbocycles. The van der Waals surface area contributed by atoms with Crippen molar-refractivity contribution in [2.45, 2.75) is 13.0 Å². The number of amides is 1. The molecule has 1 unspecified atom stereocenters. The van der Waals surface area contributed by atoms with Gasteiger partial charge in [-0.1, -0.05) is 15.9 Å². The number of hydrogen-bond donors (Lipinski definition) is 2. The Balaban J connectivity index is 3.47. The molecule has 0 aliphatic heterocycles. The van der Waals surface area contributed by atoms with Gasteiger partial charge in [0.05, 0.1) is 6.61 Å². The summed E-state index contributed by atoms with van der Waals surface area (Å²) in [6.45, 7) is 1.89. The van der Waals surface area contributed by atoms with Gasteiger partial charge in [-0.25, -0.2) is 4.79 Å². The van der Waals surface area contributed by atoms with E-state index in [-0.39, 0.29) is 19.1 Å². The minimum Gasteiger partial charge on any atom is -0.479 e. The molecular formula is C8H12BrNO4. The van der Waals surface area contributed by atoms with E-state index in [1.807, 2.05) is 0 Å². The van der Waals surface area contributed by atoms with Crippen LogP contribution in [-0.4, -0.2) is 36.2 Å². The molecule has 1 amide bonds. The van der Waals surface area contributed by atoms with Crippen LogP contribution in [0, 0.1) is 0 Å². The SMILES string of the molecule is CC(OCCNC(=O)C=CBr)C(=O)O. The van der Waals surface area contributed by atoms with Crippen LogP contribution in [0.1, 0.15) is 6.92 Å². The van der Waals surface area contributed by atoms with Crippen LogP contribution in [-0.2, 0) is 14.3 Å². The number of carbonyl (C=O) groups excluding carboxylic acids is 1. The normalized spacial score (nSPS) is 12.7. The number of carboxylic acids is 1. The lowest BCUT2D eigenvalue weighted by atomic mass is 10.4. The van der Waals surface area contributed by atoms with E-state index in [4.69, 9.17) is 9.84 Å². The third-order valence-corrected chi connectivity index (χ3v) is 1.60. The molecule has 0 rings (SSSR count). The van der Waals surface area contributed by atoms with Gasteiger partial charge < -0.3 is 15.2 Å². The summed E-state index contributed by atoms with van der Waals surface area (Å²) in [6.07, 6.45) is 0.458. The molecule has 0 saturated heterocycles. The Morgan fingerprint density at radius 1 is 1.64 bits per heavy atom. The summed E-state index contributed by atoms with van der Waals surface area (Å²) in [6, 6.07) is 0. The average molecular weight is 266 g/mol. The molecule has 80 valence electrons. The van der Waals surface area contributed by atoms with Gasteiger partial charge >= 0.3 is 5.97 Å². The minimum absolute atomic E-state index is 0.176. The summed E-state index contributed by atoms with van der Waals surface area (Å²) in [7, 11) is 0. The predicted molar refractivity (Wildman–Crippen MR) is 54.1 cm³/mol. The molecule has 2 N–H and O–H groups in total. The van der Waals surface area contributed by atoms with Crippen molar-refractivity contribution in [1.29, 1.82) is 0 Å². The molecule has 0 bridgehead atoms. The Morgan fingerprint density at radius 3 is 2.79 bits per heavy atom. The molecule has 0 saturated carbocycles. The van der Waals surface area contributed by atoms with Crippen LogP contribution in [0.5, 0.6) is 0 Å². The molecule has 0 aromatic carbocycles. The van der Waals surface area contributed by atoms with Gasteiger partial charge in [0.25, 0.3) is 0 Å². The van der Waals surface area contributed by atoms with Crippen molar-refractivity contribution in [1.82, 2.24) is 5.32 Å². The van der Waals surface area contributed by atoms with Crippen molar-refractivity contribution in [3.63, 3.8) is 0 Å². The molecule has 0 aromatic heterocycles. The number of hydrogen-bond acceptors (Lipinski definition) is 3. The average Bonchev–Trinajstić information content (AvgIpc) is 2.12. The van der Waals surface area contributed by atoms with E-state index in [0.717, 1.165) is 0 Å². The summed E-state index contributed by atoms with van der Waals surface area (Å²) < 4.78 is 4.88. The number of rotatable bonds is 6. The standard InChI is InChI=1S/C8H12BrNO4/c1-6(8(12)13)14-5-4-10-7(11)2-3-9/h2-3,6H,4-5H2,1H3,(H,10,11)(H,12,13). The van der Waals surface area contributed by atoms with Crippen LogP contribution >= 0.6 is 15.9 Å². The number of carbonyl (C=O) groups is 2. The monoisotopic (exact) mass is 265 g/mol. The summed E-state index contributed by atoms with van der Waals surface area (Å²) in [5.41, 5.74) is 0. The molecule has 0 radical (unpaired) electrons. The molecule has 5 nitrogen and oxygen atoms in total. The molecule has 0 aromatic rings. The van der Waals surface area contributed by atoms with Crippen molar-refractivity contribution in [2.75, 3.05) is 13.2 Å². The molecule has 6 heteroatoms. The third-order valence-electron chi connectivity index (χ3n) is 1.33. The van der Waals surface area contributed by atoms with E-state index in [0.29, 0.717) is 0 Å². The first kappa shape index (κ1) is 13.1. The Morgan fingerprint density at radius 2 is 2.29 bits per heavy atom. The molecule has 0 aliphatic rings. The van der Waals surface area contributed by atoms with E-state index in [1.54, 1.807) is 0 Å². The summed E-state index contributed by atoms with van der Waals surface area (Å²) >= 11 is 2.95. The molecule has 0 heterocycles. The Kier molecular flexibility index (Phi) is 7.04. The molecule has 0 spiro atoms. The predicted octanol–water partition coefficient (Wildman–Crippen LogP) is 0.501. The van der Waals surface area contributed by atoms with Gasteiger partial charge in [0.2, 0.25) is 5.91 Å². The zero-order valence-electron chi connectivity index (χ0n) is 7.70. The van der Waals surface area contributed by atoms with Gasteiger partial charge in [-0.2, -0.15) is 0 Å². The lowest BCUT2D eigenvalue weighted by Crippen LogP contribution is -2.28. The second-order valence-corrected chi connectivity index (χ2v) is 2.96. The largest absolute Gasteiger partial charge is 0.479 e. The fraction of sp³-hybridized carbons (Fsp3) is 0.500. The zero-order valence-corrected chi connectivity index (χ0v) is 9.28. The van der Waals surface area contributed by atoms with Crippen LogP contribution in [0.15, 0.2) is 11.1 Å². The topological polar surface area (TPSA) is 75.6 Å². The number of ether oxygens (including phenoxy) is 1. The fourth-order valence-corrected chi connectivity index (χ4v) is 0.837. The Bertz CT molecular complexity index is 229. The maximum Gasteiger partial charge on any atom is 0.332 e. The first-order valence-electron chi connectivity index (χ1n) is 3.97. The van der Waals surface area contributed by atoms with Crippen molar-refractivity contribution >= 4 is 27.8 Å². The van der Waals surface area contributed by atoms with E-state index in [1.165, 1.54) is 18.0 Å². The van der Waals surface area contributed by atoms with Gasteiger partial charge in [-0.3, -0.25) is 4.79 Å². The molecule has 0 fully saturated rings. The van der Waals surface area contributed by atoms with E-state index >= 15 is 0 Å². The van der Waals surface area contributed by atoms with Crippen molar-refractivity contribution in [3.05, 3.63) is 11.1 Å². The van der Waals surface area contributed by atoms with Gasteiger partial charge in [0.1, 0.15) is 0 Å². The van der Waals surface area contributed by atoms with Gasteiger partial charge in [0.15, 0.2) is 6.10 Å². The third kappa shape index (κ3) is 6.62. The van der Waals surface area contributed by atoms with Gasteiger partial charge in [-0.15, -0.1) is 0 Å². The highest BCUT2D eigenvalue weighted by molar-refractivity contribution is 9.11. The second-order valence-electron chi connectivity index (χ2n) is 2.43. The first-order chi connectivity index (χ1) is 6.57. The number of halogens is 1. The van der Waals surface area contributed by atoms with Crippen LogP contribution < -0.4 is 5.32 Å². The summed E-state index contributed by atoms with van der Waals surface area (Å²) in [4.78, 5) is 22.6. The fourth-order valence-electron chi connectivity index (χ4n) is 0.597. The van der Waals surface area contributed by atoms with Gasteiger partial charge in [0, 0.05) is 12.6 Å². The maximum absolute atomic E-state index is 10.8. The first-order valence-corrected chi connectivity index (χ1v) is 4.88. The Labute approximate surface area is 90.3 Å². The number of aliphatic carboxylic acids is 1. The second kappa shape index (κ2) is 7.52. The quantitative estimate of drug-likeness (QED) is 0.542. The number of carboxylic acid groups (broad SMARTS) is 1. The number of nitrogens with one attached hydrogen (secondary N) is 1. The van der Waals surface area contributed by atoms with Crippen LogP contribution in [0.4, 0.5) is 0 Å². The lowest BCUT2D eigenvalue weighted by Gasteiger charge is -2.07. The highest BCUT2D eigenvalue weighted by Crippen LogP contribution is 1.89. The molecular weight excluding hydrogens is 254 g/mol. The summed E-state index contributed by atoms with van der Waals surface area (Å²) in [5, 5.41) is 10.9. The van der Waals surface area contributed by atoms with Crippen LogP contribution in [0.25, 0.3) is 0 Å². The highest BCUT2D eigenvalue weighted by atomic mass is 79.9. The van der Waals surface area contributed by atoms with Crippen molar-refractivity contribution in [3.8, 4) is 0 Å². The molecule has 1 atom stereocenters. The van der Waals surface area contributed by atoms with Crippen molar-refractivity contribution in [2.24, 2.45) is 0 Å². The van der Waals surface area contributed by atoms with E-state index in [9.17, 15) is 9.59 Å². The van der Waals surface area contributed by atoms with Crippen LogP contribution in [0.2, 0.25) is 0 Å². The smallest absolute Gasteiger partial charge is 0.332 e. The zero-order chi connectivity index (χ0) is 11.0. The van der Waals surface area contributed by atoms with E-state index in [2.05, 4.69) is 21.2 Å². The van der Waals surface area contributed by atoms with Crippen molar-refractivity contribution < 1.29 is 19.4 Å². The Hall–Kier alpha value is -0.880. The summed E-state index contributed by atoms with van der Waals surface area (Å²) in [5.74, 6) is -1.27.